The average Bonchev–Trinajstić information content (AvgIpc) is 2.60. The minimum atomic E-state index is -0.361. The Kier molecular flexibility index (Phi) is 6.41. The third-order valence-electron chi connectivity index (χ3n) is 3.53. The predicted molar refractivity (Wildman–Crippen MR) is 93.3 cm³/mol. The zero-order valence-electron chi connectivity index (χ0n) is 13.4. The minimum absolute atomic E-state index is 0.0799. The van der Waals surface area contributed by atoms with Crippen molar-refractivity contribution in [3.05, 3.63) is 65.2 Å². The van der Waals surface area contributed by atoms with Crippen LogP contribution in [0.4, 0.5) is 0 Å². The maximum Gasteiger partial charge on any atom is 0.338 e. The van der Waals surface area contributed by atoms with Crippen LogP contribution in [0.1, 0.15) is 39.6 Å². The third kappa shape index (κ3) is 4.70. The molecule has 0 N–H and O–H groups in total. The number of carbonyl (C=O) groups is 2. The van der Waals surface area contributed by atoms with Crippen molar-refractivity contribution < 1.29 is 14.3 Å². The highest BCUT2D eigenvalue weighted by molar-refractivity contribution is 7.98. The first-order valence-corrected chi connectivity index (χ1v) is 8.80. The van der Waals surface area contributed by atoms with Gasteiger partial charge in [-0.25, -0.2) is 4.79 Å². The van der Waals surface area contributed by atoms with Crippen LogP contribution in [0.15, 0.2) is 53.4 Å². The van der Waals surface area contributed by atoms with Crippen molar-refractivity contribution in [1.29, 1.82) is 0 Å². The SMILES string of the molecule is CCOC(=O)c1ccc(C(=O)CCc2ccccc2SC)cc1. The number of carbonyl (C=O) groups excluding carboxylic acids is 2. The lowest BCUT2D eigenvalue weighted by atomic mass is 10.0. The van der Waals surface area contributed by atoms with Crippen molar-refractivity contribution in [3.8, 4) is 0 Å². The molecule has 0 amide bonds. The molecule has 0 radical (unpaired) electrons. The summed E-state index contributed by atoms with van der Waals surface area (Å²) in [6, 6.07) is 14.8. The van der Waals surface area contributed by atoms with E-state index in [1.165, 1.54) is 10.5 Å². The summed E-state index contributed by atoms with van der Waals surface area (Å²) in [6.07, 6.45) is 3.21. The van der Waals surface area contributed by atoms with Crippen molar-refractivity contribution in [3.63, 3.8) is 0 Å². The molecular formula is C19H20O3S. The van der Waals surface area contributed by atoms with Gasteiger partial charge in [0.05, 0.1) is 12.2 Å². The Morgan fingerprint density at radius 1 is 1.00 bits per heavy atom. The van der Waals surface area contributed by atoms with E-state index in [2.05, 4.69) is 12.1 Å². The van der Waals surface area contributed by atoms with Gasteiger partial charge in [0.25, 0.3) is 0 Å². The Bertz CT molecular complexity index is 677. The van der Waals surface area contributed by atoms with E-state index in [0.717, 1.165) is 6.42 Å². The Morgan fingerprint density at radius 2 is 1.65 bits per heavy atom. The van der Waals surface area contributed by atoms with Crippen molar-refractivity contribution in [2.45, 2.75) is 24.7 Å². The maximum absolute atomic E-state index is 12.3. The normalized spacial score (nSPS) is 10.3. The Morgan fingerprint density at radius 3 is 2.30 bits per heavy atom. The highest BCUT2D eigenvalue weighted by Crippen LogP contribution is 2.21. The number of thioether (sulfide) groups is 1. The number of benzene rings is 2. The number of aryl methyl sites for hydroxylation is 1. The monoisotopic (exact) mass is 328 g/mol. The second kappa shape index (κ2) is 8.53. The van der Waals surface area contributed by atoms with Crippen molar-refractivity contribution in [2.75, 3.05) is 12.9 Å². The molecule has 0 unspecified atom stereocenters. The van der Waals surface area contributed by atoms with Crippen LogP contribution in [0.2, 0.25) is 0 Å². The van der Waals surface area contributed by atoms with Gasteiger partial charge in [-0.1, -0.05) is 30.3 Å². The second-order valence-electron chi connectivity index (χ2n) is 5.03. The minimum Gasteiger partial charge on any atom is -0.462 e. The number of esters is 1. The Hall–Kier alpha value is -2.07. The third-order valence-corrected chi connectivity index (χ3v) is 4.37. The molecule has 0 spiro atoms. The van der Waals surface area contributed by atoms with Gasteiger partial charge in [0.15, 0.2) is 5.78 Å². The molecule has 0 atom stereocenters. The van der Waals surface area contributed by atoms with Crippen LogP contribution >= 0.6 is 11.8 Å². The van der Waals surface area contributed by atoms with E-state index in [9.17, 15) is 9.59 Å². The van der Waals surface area contributed by atoms with E-state index in [1.54, 1.807) is 43.0 Å². The van der Waals surface area contributed by atoms with Crippen LogP contribution in [-0.4, -0.2) is 24.6 Å². The first kappa shape index (κ1) is 17.3. The lowest BCUT2D eigenvalue weighted by Crippen LogP contribution is -2.06. The van der Waals surface area contributed by atoms with Crippen LogP contribution in [-0.2, 0) is 11.2 Å². The van der Waals surface area contributed by atoms with Gasteiger partial charge in [0, 0.05) is 16.9 Å². The average molecular weight is 328 g/mol. The summed E-state index contributed by atoms with van der Waals surface area (Å²) in [5, 5.41) is 0. The van der Waals surface area contributed by atoms with E-state index in [-0.39, 0.29) is 11.8 Å². The molecule has 0 saturated heterocycles. The van der Waals surface area contributed by atoms with Crippen molar-refractivity contribution >= 4 is 23.5 Å². The molecule has 23 heavy (non-hydrogen) atoms. The van der Waals surface area contributed by atoms with Crippen LogP contribution in [0, 0.1) is 0 Å². The molecule has 0 saturated carbocycles. The zero-order chi connectivity index (χ0) is 16.7. The first-order valence-electron chi connectivity index (χ1n) is 7.58. The molecular weight excluding hydrogens is 308 g/mol. The summed E-state index contributed by atoms with van der Waals surface area (Å²) in [5.41, 5.74) is 2.28. The molecule has 0 aliphatic rings. The number of rotatable bonds is 7. The maximum atomic E-state index is 12.3. The summed E-state index contributed by atoms with van der Waals surface area (Å²) in [5.74, 6) is -0.281. The van der Waals surface area contributed by atoms with Gasteiger partial charge in [0.1, 0.15) is 0 Å². The summed E-state index contributed by atoms with van der Waals surface area (Å²) < 4.78 is 4.93. The van der Waals surface area contributed by atoms with Crippen LogP contribution in [0.25, 0.3) is 0 Å². The largest absolute Gasteiger partial charge is 0.462 e. The van der Waals surface area contributed by atoms with E-state index < -0.39 is 0 Å². The summed E-state index contributed by atoms with van der Waals surface area (Å²) in [6.45, 7) is 2.11. The predicted octanol–water partition coefficient (Wildman–Crippen LogP) is 4.40. The van der Waals surface area contributed by atoms with Gasteiger partial charge in [-0.3, -0.25) is 4.79 Å². The zero-order valence-corrected chi connectivity index (χ0v) is 14.2. The first-order chi connectivity index (χ1) is 11.2. The number of hydrogen-bond donors (Lipinski definition) is 0. The summed E-state index contributed by atoms with van der Waals surface area (Å²) >= 11 is 1.69. The van der Waals surface area contributed by atoms with E-state index in [0.29, 0.717) is 24.2 Å². The Balaban J connectivity index is 1.99. The quantitative estimate of drug-likeness (QED) is 0.429. The highest BCUT2D eigenvalue weighted by atomic mass is 32.2. The van der Waals surface area contributed by atoms with Gasteiger partial charge in [-0.15, -0.1) is 11.8 Å². The van der Waals surface area contributed by atoms with Gasteiger partial charge < -0.3 is 4.74 Å². The summed E-state index contributed by atoms with van der Waals surface area (Å²) in [7, 11) is 0. The standard InChI is InChI=1S/C19H20O3S/c1-3-22-19(21)16-10-8-14(9-11-16)17(20)13-12-15-6-4-5-7-18(15)23-2/h4-11H,3,12-13H2,1-2H3. The van der Waals surface area contributed by atoms with Crippen LogP contribution < -0.4 is 0 Å². The fourth-order valence-electron chi connectivity index (χ4n) is 2.31. The molecule has 2 rings (SSSR count). The van der Waals surface area contributed by atoms with E-state index in [1.807, 2.05) is 18.4 Å². The van der Waals surface area contributed by atoms with Gasteiger partial charge >= 0.3 is 5.97 Å². The molecule has 0 aliphatic carbocycles. The topological polar surface area (TPSA) is 43.4 Å². The lowest BCUT2D eigenvalue weighted by molar-refractivity contribution is 0.0526. The van der Waals surface area contributed by atoms with Crippen LogP contribution in [0.5, 0.6) is 0 Å². The summed E-state index contributed by atoms with van der Waals surface area (Å²) in [4.78, 5) is 25.1. The fraction of sp³-hybridized carbons (Fsp3) is 0.263. The molecule has 0 fully saturated rings. The molecule has 0 heterocycles. The highest BCUT2D eigenvalue weighted by Gasteiger charge is 2.10. The number of hydrogen-bond acceptors (Lipinski definition) is 4. The second-order valence-corrected chi connectivity index (χ2v) is 5.88. The molecule has 0 aliphatic heterocycles. The van der Waals surface area contributed by atoms with Crippen LogP contribution in [0.3, 0.4) is 0 Å². The van der Waals surface area contributed by atoms with E-state index in [4.69, 9.17) is 4.74 Å². The van der Waals surface area contributed by atoms with Crippen molar-refractivity contribution in [2.24, 2.45) is 0 Å². The van der Waals surface area contributed by atoms with Crippen molar-refractivity contribution in [1.82, 2.24) is 0 Å². The molecule has 3 nitrogen and oxygen atoms in total. The smallest absolute Gasteiger partial charge is 0.338 e. The number of ketones is 1. The lowest BCUT2D eigenvalue weighted by Gasteiger charge is -2.07. The molecule has 0 bridgehead atoms. The molecule has 2 aromatic carbocycles. The van der Waals surface area contributed by atoms with Gasteiger partial charge in [-0.05, 0) is 43.4 Å². The Labute approximate surface area is 141 Å². The molecule has 2 aromatic rings. The number of Topliss-reactive ketones (excluding diaryl/α,β-unsaturated/α-hetero) is 1. The fourth-order valence-corrected chi connectivity index (χ4v) is 2.96. The van der Waals surface area contributed by atoms with Gasteiger partial charge in [0.2, 0.25) is 0 Å². The number of ether oxygens (including phenoxy) is 1. The molecule has 4 heteroatoms. The molecule has 0 aromatic heterocycles. The van der Waals surface area contributed by atoms with Gasteiger partial charge in [-0.2, -0.15) is 0 Å². The van der Waals surface area contributed by atoms with E-state index >= 15 is 0 Å². The molecule has 120 valence electrons.